The molecule has 0 aromatic heterocycles. The number of nitrogens with two attached hydrogens (primary N) is 1. The van der Waals surface area contributed by atoms with Gasteiger partial charge in [0.15, 0.2) is 11.5 Å². The summed E-state index contributed by atoms with van der Waals surface area (Å²) in [6, 6.07) is 3.70. The monoisotopic (exact) mass is 237 g/mol. The van der Waals surface area contributed by atoms with Crippen molar-refractivity contribution < 1.29 is 14.2 Å². The Morgan fingerprint density at radius 3 is 2.35 bits per heavy atom. The van der Waals surface area contributed by atoms with Gasteiger partial charge in [-0.25, -0.2) is 0 Å². The zero-order valence-electron chi connectivity index (χ0n) is 10.6. The first-order valence-electron chi connectivity index (χ1n) is 5.78. The van der Waals surface area contributed by atoms with Crippen LogP contribution in [-0.2, 0) is 11.3 Å². The molecule has 0 saturated heterocycles. The average molecular weight is 237 g/mol. The van der Waals surface area contributed by atoms with Crippen LogP contribution < -0.4 is 15.2 Å². The van der Waals surface area contributed by atoms with Crippen LogP contribution in [0.4, 0.5) is 5.69 Å². The van der Waals surface area contributed by atoms with E-state index in [9.17, 15) is 0 Å². The van der Waals surface area contributed by atoms with E-state index >= 15 is 0 Å². The van der Waals surface area contributed by atoms with Crippen molar-refractivity contribution in [1.82, 2.24) is 0 Å². The molecule has 1 aliphatic rings. The Hall–Kier alpha value is -1.42. The van der Waals surface area contributed by atoms with Gasteiger partial charge in [0.1, 0.15) is 13.2 Å². The SMILES string of the molecule is CC(C)(C)OCc1cc2c(cc1N)OCCO2. The number of fused-ring (bicyclic) bond motifs is 1. The van der Waals surface area contributed by atoms with E-state index in [4.69, 9.17) is 19.9 Å². The predicted octanol–water partition coefficient (Wildman–Crippen LogP) is 2.36. The topological polar surface area (TPSA) is 53.7 Å². The van der Waals surface area contributed by atoms with Crippen LogP contribution in [0.25, 0.3) is 0 Å². The second-order valence-electron chi connectivity index (χ2n) is 5.10. The van der Waals surface area contributed by atoms with Crippen molar-refractivity contribution in [2.45, 2.75) is 33.0 Å². The third kappa shape index (κ3) is 3.03. The lowest BCUT2D eigenvalue weighted by Crippen LogP contribution is -2.20. The number of hydrogen-bond donors (Lipinski definition) is 1. The molecule has 0 saturated carbocycles. The smallest absolute Gasteiger partial charge is 0.163 e. The highest BCUT2D eigenvalue weighted by atomic mass is 16.6. The molecule has 0 radical (unpaired) electrons. The Balaban J connectivity index is 2.17. The lowest BCUT2D eigenvalue weighted by Gasteiger charge is -2.23. The molecule has 1 aromatic carbocycles. The van der Waals surface area contributed by atoms with E-state index < -0.39 is 0 Å². The van der Waals surface area contributed by atoms with Crippen molar-refractivity contribution in [3.8, 4) is 11.5 Å². The first-order valence-corrected chi connectivity index (χ1v) is 5.78. The zero-order valence-corrected chi connectivity index (χ0v) is 10.6. The minimum Gasteiger partial charge on any atom is -0.486 e. The summed E-state index contributed by atoms with van der Waals surface area (Å²) in [6.45, 7) is 7.68. The van der Waals surface area contributed by atoms with Crippen molar-refractivity contribution in [2.24, 2.45) is 0 Å². The van der Waals surface area contributed by atoms with E-state index in [1.807, 2.05) is 26.8 Å². The van der Waals surface area contributed by atoms with Gasteiger partial charge in [0.05, 0.1) is 12.2 Å². The summed E-state index contributed by atoms with van der Waals surface area (Å²) < 4.78 is 16.7. The quantitative estimate of drug-likeness (QED) is 0.802. The average Bonchev–Trinajstić information content (AvgIpc) is 2.25. The third-order valence-electron chi connectivity index (χ3n) is 2.46. The van der Waals surface area contributed by atoms with Crippen LogP contribution in [0.5, 0.6) is 11.5 Å². The van der Waals surface area contributed by atoms with Crippen molar-refractivity contribution >= 4 is 5.69 Å². The summed E-state index contributed by atoms with van der Waals surface area (Å²) in [5.74, 6) is 1.46. The minimum absolute atomic E-state index is 0.181. The predicted molar refractivity (Wildman–Crippen MR) is 66.4 cm³/mol. The van der Waals surface area contributed by atoms with Crippen molar-refractivity contribution in [1.29, 1.82) is 0 Å². The third-order valence-corrected chi connectivity index (χ3v) is 2.46. The van der Waals surface area contributed by atoms with Crippen molar-refractivity contribution in [2.75, 3.05) is 18.9 Å². The maximum Gasteiger partial charge on any atom is 0.163 e. The largest absolute Gasteiger partial charge is 0.486 e. The Morgan fingerprint density at radius 2 is 1.76 bits per heavy atom. The summed E-state index contributed by atoms with van der Waals surface area (Å²) in [5.41, 5.74) is 7.39. The molecule has 4 heteroatoms. The molecule has 2 N–H and O–H groups in total. The molecule has 0 aliphatic carbocycles. The molecule has 1 aliphatic heterocycles. The number of rotatable bonds is 2. The van der Waals surface area contributed by atoms with Crippen LogP contribution >= 0.6 is 0 Å². The fraction of sp³-hybridized carbons (Fsp3) is 0.538. The molecule has 1 aromatic rings. The van der Waals surface area contributed by atoms with Gasteiger partial charge in [-0.05, 0) is 26.8 Å². The van der Waals surface area contributed by atoms with E-state index in [1.54, 1.807) is 6.07 Å². The summed E-state index contributed by atoms with van der Waals surface area (Å²) in [5, 5.41) is 0. The van der Waals surface area contributed by atoms with E-state index in [2.05, 4.69) is 0 Å². The van der Waals surface area contributed by atoms with Crippen molar-refractivity contribution in [3.05, 3.63) is 17.7 Å². The summed E-state index contributed by atoms with van der Waals surface area (Å²) in [6.07, 6.45) is 0. The highest BCUT2D eigenvalue weighted by Gasteiger charge is 2.16. The summed E-state index contributed by atoms with van der Waals surface area (Å²) >= 11 is 0. The zero-order chi connectivity index (χ0) is 12.5. The number of hydrogen-bond acceptors (Lipinski definition) is 4. The Bertz CT molecular complexity index is 410. The Morgan fingerprint density at radius 1 is 1.18 bits per heavy atom. The Kier molecular flexibility index (Phi) is 3.15. The van der Waals surface area contributed by atoms with Gasteiger partial charge in [0.25, 0.3) is 0 Å². The molecule has 0 fully saturated rings. The molecule has 0 spiro atoms. The lowest BCUT2D eigenvalue weighted by atomic mass is 10.1. The number of ether oxygens (including phenoxy) is 3. The first-order chi connectivity index (χ1) is 7.96. The summed E-state index contributed by atoms with van der Waals surface area (Å²) in [7, 11) is 0. The van der Waals surface area contributed by atoms with Gasteiger partial charge in [-0.3, -0.25) is 0 Å². The highest BCUT2D eigenvalue weighted by Crippen LogP contribution is 2.35. The van der Waals surface area contributed by atoms with Crippen LogP contribution in [0.2, 0.25) is 0 Å². The Labute approximate surface area is 102 Å². The van der Waals surface area contributed by atoms with Gasteiger partial charge in [-0.2, -0.15) is 0 Å². The standard InChI is InChI=1S/C13H19NO3/c1-13(2,3)17-8-9-6-11-12(7-10(9)14)16-5-4-15-11/h6-7H,4-5,8,14H2,1-3H3. The number of benzene rings is 1. The fourth-order valence-corrected chi connectivity index (χ4v) is 1.57. The van der Waals surface area contributed by atoms with Gasteiger partial charge >= 0.3 is 0 Å². The molecule has 1 heterocycles. The van der Waals surface area contributed by atoms with Crippen LogP contribution in [-0.4, -0.2) is 18.8 Å². The maximum atomic E-state index is 5.96. The van der Waals surface area contributed by atoms with E-state index in [1.165, 1.54) is 0 Å². The molecule has 2 rings (SSSR count). The van der Waals surface area contributed by atoms with Crippen LogP contribution in [0.15, 0.2) is 12.1 Å². The number of anilines is 1. The molecule has 0 unspecified atom stereocenters. The van der Waals surface area contributed by atoms with Gasteiger partial charge in [0.2, 0.25) is 0 Å². The second-order valence-corrected chi connectivity index (χ2v) is 5.10. The summed E-state index contributed by atoms with van der Waals surface area (Å²) in [4.78, 5) is 0. The molecule has 0 amide bonds. The second kappa shape index (κ2) is 4.45. The van der Waals surface area contributed by atoms with E-state index in [-0.39, 0.29) is 5.60 Å². The molecule has 0 bridgehead atoms. The molecular formula is C13H19NO3. The van der Waals surface area contributed by atoms with Gasteiger partial charge in [-0.1, -0.05) is 0 Å². The molecule has 94 valence electrons. The van der Waals surface area contributed by atoms with Crippen molar-refractivity contribution in [3.63, 3.8) is 0 Å². The lowest BCUT2D eigenvalue weighted by molar-refractivity contribution is -0.0148. The van der Waals surface area contributed by atoms with Crippen LogP contribution in [0.3, 0.4) is 0 Å². The molecule has 0 atom stereocenters. The normalized spacial score (nSPS) is 14.8. The van der Waals surface area contributed by atoms with Gasteiger partial charge in [-0.15, -0.1) is 0 Å². The minimum atomic E-state index is -0.181. The molecular weight excluding hydrogens is 218 g/mol. The van der Waals surface area contributed by atoms with Crippen LogP contribution in [0, 0.1) is 0 Å². The van der Waals surface area contributed by atoms with Crippen LogP contribution in [0.1, 0.15) is 26.3 Å². The maximum absolute atomic E-state index is 5.96. The first kappa shape index (κ1) is 12.0. The van der Waals surface area contributed by atoms with E-state index in [0.29, 0.717) is 31.3 Å². The number of nitrogen functional groups attached to an aromatic ring is 1. The highest BCUT2D eigenvalue weighted by molar-refractivity contribution is 5.58. The van der Waals surface area contributed by atoms with Gasteiger partial charge < -0.3 is 19.9 Å². The molecule has 4 nitrogen and oxygen atoms in total. The molecule has 17 heavy (non-hydrogen) atoms. The fourth-order valence-electron chi connectivity index (χ4n) is 1.57. The van der Waals surface area contributed by atoms with Gasteiger partial charge in [0, 0.05) is 17.3 Å². The van der Waals surface area contributed by atoms with E-state index in [0.717, 1.165) is 11.3 Å².